The molecule has 0 spiro atoms. The summed E-state index contributed by atoms with van der Waals surface area (Å²) in [6, 6.07) is 10.9. The number of hydrogen-bond acceptors (Lipinski definition) is 2. The molecular weight excluding hydrogens is 338 g/mol. The van der Waals surface area contributed by atoms with Gasteiger partial charge in [-0.3, -0.25) is 9.59 Å². The van der Waals surface area contributed by atoms with Gasteiger partial charge in [0.15, 0.2) is 6.04 Å². The number of aromatic nitrogens is 1. The van der Waals surface area contributed by atoms with Gasteiger partial charge in [-0.15, -0.1) is 0 Å². The molecule has 142 valence electrons. The Hall–Kier alpha value is -2.82. The average Bonchev–Trinajstić information content (AvgIpc) is 2.96. The molecule has 1 aromatic carbocycles. The smallest absolute Gasteiger partial charge is 0.249 e. The van der Waals surface area contributed by atoms with Gasteiger partial charge in [0, 0.05) is 30.5 Å². The molecule has 1 atom stereocenters. The van der Waals surface area contributed by atoms with Gasteiger partial charge in [0.2, 0.25) is 11.8 Å². The maximum absolute atomic E-state index is 13.2. The van der Waals surface area contributed by atoms with E-state index in [0.29, 0.717) is 0 Å². The van der Waals surface area contributed by atoms with E-state index in [1.165, 1.54) is 0 Å². The van der Waals surface area contributed by atoms with Crippen LogP contribution in [0.25, 0.3) is 5.57 Å². The first-order valence-corrected chi connectivity index (χ1v) is 9.18. The third-order valence-electron chi connectivity index (χ3n) is 4.65. The molecule has 3 rings (SSSR count). The summed E-state index contributed by atoms with van der Waals surface area (Å²) in [6.45, 7) is 7.80. The quantitative estimate of drug-likeness (QED) is 0.906. The van der Waals surface area contributed by atoms with Crippen molar-refractivity contribution in [2.24, 2.45) is 7.05 Å². The molecule has 2 heterocycles. The van der Waals surface area contributed by atoms with Crippen molar-refractivity contribution in [2.75, 3.05) is 0 Å². The summed E-state index contributed by atoms with van der Waals surface area (Å²) >= 11 is 0. The van der Waals surface area contributed by atoms with Crippen LogP contribution in [0.4, 0.5) is 0 Å². The lowest BCUT2D eigenvalue weighted by Gasteiger charge is -2.35. The van der Waals surface area contributed by atoms with Crippen LogP contribution in [0.1, 0.15) is 50.6 Å². The van der Waals surface area contributed by atoms with Gasteiger partial charge in [0.1, 0.15) is 0 Å². The fraction of sp³-hybridized carbons (Fsp3) is 0.364. The van der Waals surface area contributed by atoms with Crippen molar-refractivity contribution in [1.29, 1.82) is 0 Å². The molecule has 1 aliphatic heterocycles. The predicted molar refractivity (Wildman–Crippen MR) is 107 cm³/mol. The van der Waals surface area contributed by atoms with Crippen LogP contribution in [0.2, 0.25) is 0 Å². The van der Waals surface area contributed by atoms with E-state index in [1.807, 2.05) is 81.9 Å². The summed E-state index contributed by atoms with van der Waals surface area (Å²) in [5, 5.41) is 3.03. The number of fused-ring (bicyclic) bond motifs is 1. The van der Waals surface area contributed by atoms with Crippen molar-refractivity contribution in [3.63, 3.8) is 0 Å². The molecule has 0 radical (unpaired) electrons. The summed E-state index contributed by atoms with van der Waals surface area (Å²) in [5.41, 5.74) is 3.38. The van der Waals surface area contributed by atoms with E-state index >= 15 is 0 Å². The molecule has 27 heavy (non-hydrogen) atoms. The predicted octanol–water partition coefficient (Wildman–Crippen LogP) is 3.43. The van der Waals surface area contributed by atoms with E-state index in [1.54, 1.807) is 11.1 Å². The number of amides is 2. The van der Waals surface area contributed by atoms with Gasteiger partial charge in [0.05, 0.1) is 12.1 Å². The van der Waals surface area contributed by atoms with E-state index in [-0.39, 0.29) is 23.8 Å². The molecule has 5 heteroatoms. The lowest BCUT2D eigenvalue weighted by Crippen LogP contribution is -2.49. The number of allylic oxidation sites excluding steroid dienone is 1. The Balaban J connectivity index is 1.99. The minimum Gasteiger partial charge on any atom is -0.352 e. The first-order valence-electron chi connectivity index (χ1n) is 9.18. The SMILES string of the molecule is CC1=CN(C(=O)Cc2ccccc2)C(C(=O)NC(C)(C)C)c2c1ccn2C. The number of carbonyl (C=O) groups is 2. The van der Waals surface area contributed by atoms with Gasteiger partial charge in [-0.25, -0.2) is 0 Å². The second-order valence-corrected chi connectivity index (χ2v) is 8.14. The number of rotatable bonds is 3. The monoisotopic (exact) mass is 365 g/mol. The third-order valence-corrected chi connectivity index (χ3v) is 4.65. The third kappa shape index (κ3) is 3.97. The van der Waals surface area contributed by atoms with Crippen LogP contribution in [0.3, 0.4) is 0 Å². The first kappa shape index (κ1) is 19.0. The lowest BCUT2D eigenvalue weighted by atomic mass is 9.96. The minimum absolute atomic E-state index is 0.0959. The van der Waals surface area contributed by atoms with Crippen LogP contribution >= 0.6 is 0 Å². The standard InChI is InChI=1S/C22H27N3O2/c1-15-14-25(18(26)13-16-9-7-6-8-10-16)20(21(27)23-22(2,3)4)19-17(15)11-12-24(19)5/h6-12,14,20H,13H2,1-5H3,(H,23,27). The molecule has 1 unspecified atom stereocenters. The van der Waals surface area contributed by atoms with Crippen molar-refractivity contribution < 1.29 is 9.59 Å². The van der Waals surface area contributed by atoms with Gasteiger partial charge in [0.25, 0.3) is 0 Å². The summed E-state index contributed by atoms with van der Waals surface area (Å²) in [5.74, 6) is -0.267. The highest BCUT2D eigenvalue weighted by Crippen LogP contribution is 2.36. The number of nitrogens with one attached hydrogen (secondary N) is 1. The Kier molecular flexibility index (Phi) is 4.96. The van der Waals surface area contributed by atoms with Crippen molar-refractivity contribution in [1.82, 2.24) is 14.8 Å². The second-order valence-electron chi connectivity index (χ2n) is 8.14. The van der Waals surface area contributed by atoms with E-state index in [4.69, 9.17) is 0 Å². The fourth-order valence-corrected chi connectivity index (χ4v) is 3.47. The Labute approximate surface area is 160 Å². The van der Waals surface area contributed by atoms with Gasteiger partial charge < -0.3 is 14.8 Å². The van der Waals surface area contributed by atoms with E-state index in [2.05, 4.69) is 5.32 Å². The van der Waals surface area contributed by atoms with Crippen molar-refractivity contribution in [2.45, 2.75) is 45.7 Å². The molecule has 0 saturated carbocycles. The van der Waals surface area contributed by atoms with Crippen LogP contribution in [-0.2, 0) is 23.1 Å². The largest absolute Gasteiger partial charge is 0.352 e. The maximum Gasteiger partial charge on any atom is 0.249 e. The molecule has 2 aromatic rings. The number of hydrogen-bond donors (Lipinski definition) is 1. The Morgan fingerprint density at radius 3 is 2.41 bits per heavy atom. The molecule has 1 N–H and O–H groups in total. The number of carbonyl (C=O) groups excluding carboxylic acids is 2. The van der Waals surface area contributed by atoms with Gasteiger partial charge in [-0.05, 0) is 44.9 Å². The van der Waals surface area contributed by atoms with E-state index in [0.717, 1.165) is 22.4 Å². The lowest BCUT2D eigenvalue weighted by molar-refractivity contribution is -0.138. The van der Waals surface area contributed by atoms with Crippen LogP contribution in [0, 0.1) is 0 Å². The van der Waals surface area contributed by atoms with Crippen molar-refractivity contribution in [3.05, 3.63) is 65.6 Å². The van der Waals surface area contributed by atoms with Gasteiger partial charge in [-0.2, -0.15) is 0 Å². The molecule has 0 bridgehead atoms. The average molecular weight is 365 g/mol. The number of aryl methyl sites for hydroxylation is 1. The topological polar surface area (TPSA) is 54.3 Å². The van der Waals surface area contributed by atoms with Crippen LogP contribution < -0.4 is 5.32 Å². The summed E-state index contributed by atoms with van der Waals surface area (Å²) in [6.07, 6.45) is 3.99. The van der Waals surface area contributed by atoms with E-state index < -0.39 is 6.04 Å². The zero-order chi connectivity index (χ0) is 19.8. The zero-order valence-electron chi connectivity index (χ0n) is 16.6. The first-order chi connectivity index (χ1) is 12.7. The normalized spacial score (nSPS) is 16.6. The van der Waals surface area contributed by atoms with Crippen LogP contribution in [-0.4, -0.2) is 26.8 Å². The Morgan fingerprint density at radius 1 is 1.11 bits per heavy atom. The van der Waals surface area contributed by atoms with Crippen LogP contribution in [0.15, 0.2) is 48.8 Å². The molecule has 1 aliphatic rings. The highest BCUT2D eigenvalue weighted by molar-refractivity contribution is 5.93. The number of nitrogens with zero attached hydrogens (tertiary/aromatic N) is 2. The summed E-state index contributed by atoms with van der Waals surface area (Å²) in [7, 11) is 1.91. The molecule has 0 saturated heterocycles. The highest BCUT2D eigenvalue weighted by atomic mass is 16.2. The van der Waals surface area contributed by atoms with Crippen LogP contribution in [0.5, 0.6) is 0 Å². The summed E-state index contributed by atoms with van der Waals surface area (Å²) in [4.78, 5) is 27.9. The maximum atomic E-state index is 13.2. The molecule has 0 aliphatic carbocycles. The Morgan fingerprint density at radius 2 is 1.78 bits per heavy atom. The zero-order valence-corrected chi connectivity index (χ0v) is 16.6. The van der Waals surface area contributed by atoms with E-state index in [9.17, 15) is 9.59 Å². The second kappa shape index (κ2) is 7.06. The molecular formula is C22H27N3O2. The molecule has 2 amide bonds. The highest BCUT2D eigenvalue weighted by Gasteiger charge is 2.38. The Bertz CT molecular complexity index is 888. The van der Waals surface area contributed by atoms with Gasteiger partial charge >= 0.3 is 0 Å². The van der Waals surface area contributed by atoms with Crippen molar-refractivity contribution >= 4 is 17.4 Å². The molecule has 1 aromatic heterocycles. The van der Waals surface area contributed by atoms with Crippen molar-refractivity contribution in [3.8, 4) is 0 Å². The fourth-order valence-electron chi connectivity index (χ4n) is 3.47. The molecule has 5 nitrogen and oxygen atoms in total. The number of benzene rings is 1. The minimum atomic E-state index is -0.681. The molecule has 0 fully saturated rings. The van der Waals surface area contributed by atoms with Gasteiger partial charge in [-0.1, -0.05) is 30.3 Å². The summed E-state index contributed by atoms with van der Waals surface area (Å²) < 4.78 is 1.93.